The smallest absolute Gasteiger partial charge is 0.265 e. The Hall–Kier alpha value is -3.71. The van der Waals surface area contributed by atoms with Crippen LogP contribution in [0.15, 0.2) is 60.7 Å². The van der Waals surface area contributed by atoms with Crippen LogP contribution < -0.4 is 9.64 Å². The maximum atomic E-state index is 14.6. The van der Waals surface area contributed by atoms with Crippen LogP contribution in [-0.4, -0.2) is 30.5 Å². The van der Waals surface area contributed by atoms with Crippen LogP contribution in [0.5, 0.6) is 5.75 Å². The van der Waals surface area contributed by atoms with Crippen molar-refractivity contribution in [2.45, 2.75) is 6.92 Å². The minimum absolute atomic E-state index is 0.233. The highest BCUT2D eigenvalue weighted by atomic mass is 35.5. The fraction of sp³-hybridized carbons (Fsp3) is 0.120. The van der Waals surface area contributed by atoms with Gasteiger partial charge in [0.1, 0.15) is 17.4 Å². The lowest BCUT2D eigenvalue weighted by Crippen LogP contribution is -2.22. The van der Waals surface area contributed by atoms with Crippen molar-refractivity contribution in [2.24, 2.45) is 0 Å². The van der Waals surface area contributed by atoms with E-state index < -0.39 is 17.5 Å². The summed E-state index contributed by atoms with van der Waals surface area (Å²) in [4.78, 5) is 27.1. The maximum Gasteiger partial charge on any atom is 0.265 e. The number of carbonyl (C=O) groups excluding carboxylic acids is 2. The first kappa shape index (κ1) is 22.5. The molecule has 4 rings (SSSR count). The van der Waals surface area contributed by atoms with Crippen LogP contribution in [0.2, 0.25) is 5.02 Å². The van der Waals surface area contributed by atoms with Crippen LogP contribution in [0.1, 0.15) is 17.3 Å². The van der Waals surface area contributed by atoms with Gasteiger partial charge in [-0.1, -0.05) is 41.9 Å². The number of hydrogen-bond donors (Lipinski definition) is 0. The molecule has 5 nitrogen and oxygen atoms in total. The lowest BCUT2D eigenvalue weighted by atomic mass is 10.1. The van der Waals surface area contributed by atoms with Crippen molar-refractivity contribution in [3.63, 3.8) is 0 Å². The molecule has 0 fully saturated rings. The number of benzene rings is 3. The molecule has 0 unspecified atom stereocenters. The van der Waals surface area contributed by atoms with E-state index in [-0.39, 0.29) is 10.6 Å². The second-order valence-electron chi connectivity index (χ2n) is 7.22. The zero-order valence-corrected chi connectivity index (χ0v) is 18.6. The number of aromatic nitrogens is 1. The van der Waals surface area contributed by atoms with Crippen molar-refractivity contribution in [1.29, 1.82) is 0 Å². The fourth-order valence-electron chi connectivity index (χ4n) is 3.86. The Labute approximate surface area is 193 Å². The molecule has 168 valence electrons. The Balaban J connectivity index is 2.17. The molecule has 0 aliphatic carbocycles. The fourth-order valence-corrected chi connectivity index (χ4v) is 4.10. The normalized spacial score (nSPS) is 10.9. The molecular weight excluding hydrogens is 450 g/mol. The van der Waals surface area contributed by atoms with E-state index in [2.05, 4.69) is 0 Å². The van der Waals surface area contributed by atoms with Gasteiger partial charge in [0, 0.05) is 23.6 Å². The lowest BCUT2D eigenvalue weighted by molar-refractivity contribution is -0.107. The van der Waals surface area contributed by atoms with Gasteiger partial charge in [0.2, 0.25) is 6.41 Å². The molecule has 1 heterocycles. The lowest BCUT2D eigenvalue weighted by Gasteiger charge is -2.18. The van der Waals surface area contributed by atoms with Gasteiger partial charge in [-0.05, 0) is 31.2 Å². The molecule has 0 radical (unpaired) electrons. The molecule has 4 aromatic rings. The first-order valence-corrected chi connectivity index (χ1v) is 10.5. The summed E-state index contributed by atoms with van der Waals surface area (Å²) in [6, 6.07) is 14.9. The molecule has 0 N–H and O–H groups in total. The van der Waals surface area contributed by atoms with Gasteiger partial charge >= 0.3 is 0 Å². The first-order valence-electron chi connectivity index (χ1n) is 10.1. The van der Waals surface area contributed by atoms with E-state index in [1.807, 2.05) is 6.07 Å². The summed E-state index contributed by atoms with van der Waals surface area (Å²) in [7, 11) is 1.46. The number of hydrogen-bond acceptors (Lipinski definition) is 3. The molecule has 0 saturated carbocycles. The minimum atomic E-state index is -0.996. The molecule has 0 spiro atoms. The summed E-state index contributed by atoms with van der Waals surface area (Å²) >= 11 is 6.38. The first-order chi connectivity index (χ1) is 15.9. The third-order valence-corrected chi connectivity index (χ3v) is 5.68. The maximum absolute atomic E-state index is 14.6. The van der Waals surface area contributed by atoms with Gasteiger partial charge in [0.05, 0.1) is 34.6 Å². The van der Waals surface area contributed by atoms with Crippen LogP contribution in [0.4, 0.5) is 14.5 Å². The van der Waals surface area contributed by atoms with E-state index in [9.17, 15) is 18.4 Å². The van der Waals surface area contributed by atoms with Crippen LogP contribution in [-0.2, 0) is 4.79 Å². The highest BCUT2D eigenvalue weighted by Crippen LogP contribution is 2.44. The quantitative estimate of drug-likeness (QED) is 0.330. The van der Waals surface area contributed by atoms with Gasteiger partial charge < -0.3 is 9.64 Å². The predicted molar refractivity (Wildman–Crippen MR) is 124 cm³/mol. The van der Waals surface area contributed by atoms with E-state index >= 15 is 0 Å². The number of rotatable bonds is 6. The van der Waals surface area contributed by atoms with Gasteiger partial charge in [-0.2, -0.15) is 0 Å². The standard InChI is InChI=1S/C25H19ClF2N2O3/c1-3-29(14-31)24-18-12-22(33-2)19(26)13-21(18)30(23(24)15-7-5-4-6-8-15)25(32)17-10-9-16(27)11-20(17)28/h4-14H,3H2,1-2H3. The predicted octanol–water partition coefficient (Wildman–Crippen LogP) is 5.92. The zero-order valence-electron chi connectivity index (χ0n) is 17.8. The van der Waals surface area contributed by atoms with Gasteiger partial charge in [-0.15, -0.1) is 0 Å². The molecule has 1 amide bonds. The highest BCUT2D eigenvalue weighted by Gasteiger charge is 2.28. The van der Waals surface area contributed by atoms with E-state index in [1.54, 1.807) is 37.3 Å². The number of fused-ring (bicyclic) bond motifs is 1. The summed E-state index contributed by atoms with van der Waals surface area (Å²) < 4.78 is 34.8. The summed E-state index contributed by atoms with van der Waals surface area (Å²) in [5.41, 5.74) is 1.47. The van der Waals surface area contributed by atoms with Crippen molar-refractivity contribution in [1.82, 2.24) is 4.57 Å². The molecule has 33 heavy (non-hydrogen) atoms. The Bertz CT molecular complexity index is 1370. The van der Waals surface area contributed by atoms with Gasteiger partial charge in [-0.25, -0.2) is 8.78 Å². The second-order valence-corrected chi connectivity index (χ2v) is 7.63. The highest BCUT2D eigenvalue weighted by molar-refractivity contribution is 6.33. The van der Waals surface area contributed by atoms with Crippen LogP contribution in [0.25, 0.3) is 22.2 Å². The number of nitrogens with zero attached hydrogens (tertiary/aromatic N) is 2. The zero-order chi connectivity index (χ0) is 23.7. The summed E-state index contributed by atoms with van der Waals surface area (Å²) in [5.74, 6) is -2.17. The SMILES string of the molecule is CCN(C=O)c1c(-c2ccccc2)n(C(=O)c2ccc(F)cc2F)c2cc(Cl)c(OC)cc12. The molecule has 0 atom stereocenters. The summed E-state index contributed by atoms with van der Waals surface area (Å²) in [6.07, 6.45) is 0.662. The van der Waals surface area contributed by atoms with E-state index in [4.69, 9.17) is 16.3 Å². The Kier molecular flexibility index (Phi) is 6.16. The largest absolute Gasteiger partial charge is 0.495 e. The summed E-state index contributed by atoms with van der Waals surface area (Å²) in [6.45, 7) is 2.10. The molecule has 3 aromatic carbocycles. The van der Waals surface area contributed by atoms with E-state index in [0.29, 0.717) is 52.6 Å². The molecular formula is C25H19ClF2N2O3. The van der Waals surface area contributed by atoms with Crippen molar-refractivity contribution >= 4 is 40.5 Å². The third-order valence-electron chi connectivity index (χ3n) is 5.38. The Morgan fingerprint density at radius 1 is 1.12 bits per heavy atom. The summed E-state index contributed by atoms with van der Waals surface area (Å²) in [5, 5.41) is 0.747. The van der Waals surface area contributed by atoms with E-state index in [1.165, 1.54) is 22.6 Å². The molecule has 0 saturated heterocycles. The van der Waals surface area contributed by atoms with Gasteiger partial charge in [-0.3, -0.25) is 14.2 Å². The number of halogens is 3. The average molecular weight is 469 g/mol. The topological polar surface area (TPSA) is 51.5 Å². The third kappa shape index (κ3) is 3.85. The van der Waals surface area contributed by atoms with Crippen LogP contribution >= 0.6 is 11.6 Å². The van der Waals surface area contributed by atoms with Gasteiger partial charge in [0.15, 0.2) is 0 Å². The monoisotopic (exact) mass is 468 g/mol. The van der Waals surface area contributed by atoms with Crippen LogP contribution in [0, 0.1) is 11.6 Å². The average Bonchev–Trinajstić information content (AvgIpc) is 3.13. The van der Waals surface area contributed by atoms with Crippen LogP contribution in [0.3, 0.4) is 0 Å². The minimum Gasteiger partial charge on any atom is -0.495 e. The Morgan fingerprint density at radius 3 is 2.45 bits per heavy atom. The molecule has 1 aromatic heterocycles. The number of carbonyl (C=O) groups is 2. The Morgan fingerprint density at radius 2 is 1.85 bits per heavy atom. The second kappa shape index (κ2) is 9.03. The van der Waals surface area contributed by atoms with Crippen molar-refractivity contribution in [3.05, 3.63) is 82.9 Å². The van der Waals surface area contributed by atoms with Crippen molar-refractivity contribution in [2.75, 3.05) is 18.6 Å². The number of methoxy groups -OCH3 is 1. The molecule has 0 aliphatic rings. The van der Waals surface area contributed by atoms with Crippen molar-refractivity contribution in [3.8, 4) is 17.0 Å². The molecule has 0 bridgehead atoms. The van der Waals surface area contributed by atoms with Crippen molar-refractivity contribution < 1.29 is 23.1 Å². The number of amides is 1. The molecule has 0 aliphatic heterocycles. The molecule has 8 heteroatoms. The van der Waals surface area contributed by atoms with Gasteiger partial charge in [0.25, 0.3) is 5.91 Å². The number of ether oxygens (including phenoxy) is 1. The van der Waals surface area contributed by atoms with E-state index in [0.717, 1.165) is 12.1 Å². The number of anilines is 1.